The minimum absolute atomic E-state index is 0.282. The third-order valence-corrected chi connectivity index (χ3v) is 3.18. The Balaban J connectivity index is 2.91. The summed E-state index contributed by atoms with van der Waals surface area (Å²) in [5.41, 5.74) is -0.0834. The van der Waals surface area contributed by atoms with Crippen molar-refractivity contribution in [1.82, 2.24) is 5.32 Å². The Hall–Kier alpha value is -0.440. The molecule has 0 radical (unpaired) electrons. The van der Waals surface area contributed by atoms with Gasteiger partial charge in [-0.1, -0.05) is 29.3 Å². The SMILES string of the molecule is CC(C)(CCCl)NC(=O)c1c(Cl)cccc1Cl. The summed E-state index contributed by atoms with van der Waals surface area (Å²) in [5, 5.41) is 3.55. The molecule has 5 heteroatoms. The van der Waals surface area contributed by atoms with Crippen LogP contribution in [0.4, 0.5) is 0 Å². The molecule has 94 valence electrons. The van der Waals surface area contributed by atoms with Gasteiger partial charge in [-0.25, -0.2) is 0 Å². The van der Waals surface area contributed by atoms with Crippen LogP contribution in [-0.4, -0.2) is 17.3 Å². The minimum atomic E-state index is -0.388. The van der Waals surface area contributed by atoms with Crippen molar-refractivity contribution < 1.29 is 4.79 Å². The zero-order valence-electron chi connectivity index (χ0n) is 9.69. The third-order valence-electron chi connectivity index (χ3n) is 2.36. The number of nitrogens with one attached hydrogen (secondary N) is 1. The van der Waals surface area contributed by atoms with Crippen LogP contribution >= 0.6 is 34.8 Å². The van der Waals surface area contributed by atoms with Gasteiger partial charge in [0.2, 0.25) is 0 Å². The smallest absolute Gasteiger partial charge is 0.254 e. The molecule has 0 aliphatic carbocycles. The number of amides is 1. The number of halogens is 3. The molecular weight excluding hydrogens is 280 g/mol. The van der Waals surface area contributed by atoms with E-state index in [1.807, 2.05) is 13.8 Å². The lowest BCUT2D eigenvalue weighted by atomic mass is 10.0. The van der Waals surface area contributed by atoms with Crippen molar-refractivity contribution in [2.24, 2.45) is 0 Å². The van der Waals surface area contributed by atoms with Gasteiger partial charge in [0, 0.05) is 11.4 Å². The van der Waals surface area contributed by atoms with Gasteiger partial charge in [0.15, 0.2) is 0 Å². The number of rotatable bonds is 4. The molecular formula is C12H14Cl3NO. The maximum atomic E-state index is 12.1. The van der Waals surface area contributed by atoms with Crippen LogP contribution < -0.4 is 5.32 Å². The highest BCUT2D eigenvalue weighted by Gasteiger charge is 2.23. The van der Waals surface area contributed by atoms with Crippen LogP contribution in [0.2, 0.25) is 10.0 Å². The number of hydrogen-bond acceptors (Lipinski definition) is 1. The van der Waals surface area contributed by atoms with E-state index in [4.69, 9.17) is 34.8 Å². The molecule has 0 aromatic heterocycles. The van der Waals surface area contributed by atoms with Gasteiger partial charge in [-0.3, -0.25) is 4.79 Å². The first-order chi connectivity index (χ1) is 7.87. The van der Waals surface area contributed by atoms with Gasteiger partial charge in [-0.05, 0) is 32.4 Å². The van der Waals surface area contributed by atoms with E-state index in [1.165, 1.54) is 0 Å². The van der Waals surface area contributed by atoms with E-state index in [1.54, 1.807) is 18.2 Å². The lowest BCUT2D eigenvalue weighted by Crippen LogP contribution is -2.43. The number of benzene rings is 1. The van der Waals surface area contributed by atoms with E-state index in [2.05, 4.69) is 5.32 Å². The fourth-order valence-electron chi connectivity index (χ4n) is 1.38. The van der Waals surface area contributed by atoms with Gasteiger partial charge in [-0.15, -0.1) is 11.6 Å². The third kappa shape index (κ3) is 4.06. The molecule has 0 saturated carbocycles. The van der Waals surface area contributed by atoms with Crippen molar-refractivity contribution in [2.75, 3.05) is 5.88 Å². The molecule has 2 nitrogen and oxygen atoms in total. The normalized spacial score (nSPS) is 11.4. The average molecular weight is 295 g/mol. The summed E-state index contributed by atoms with van der Waals surface area (Å²) < 4.78 is 0. The second-order valence-corrected chi connectivity index (χ2v) is 5.57. The Bertz CT molecular complexity index is 398. The van der Waals surface area contributed by atoms with Crippen molar-refractivity contribution in [2.45, 2.75) is 25.8 Å². The quantitative estimate of drug-likeness (QED) is 0.831. The average Bonchev–Trinajstić information content (AvgIpc) is 2.15. The fourth-order valence-corrected chi connectivity index (χ4v) is 2.42. The molecule has 1 amide bonds. The maximum Gasteiger partial charge on any atom is 0.254 e. The van der Waals surface area contributed by atoms with Gasteiger partial charge in [0.1, 0.15) is 0 Å². The lowest BCUT2D eigenvalue weighted by molar-refractivity contribution is 0.0912. The second kappa shape index (κ2) is 5.94. The standard InChI is InChI=1S/C12H14Cl3NO/c1-12(2,6-7-13)16-11(17)10-8(14)4-3-5-9(10)15/h3-5H,6-7H2,1-2H3,(H,16,17). The van der Waals surface area contributed by atoms with Crippen molar-refractivity contribution >= 4 is 40.7 Å². The Labute approximate surface area is 116 Å². The Morgan fingerprint density at radius 3 is 2.29 bits per heavy atom. The zero-order chi connectivity index (χ0) is 13.1. The Morgan fingerprint density at radius 1 is 1.29 bits per heavy atom. The fraction of sp³-hybridized carbons (Fsp3) is 0.417. The van der Waals surface area contributed by atoms with Crippen LogP contribution in [-0.2, 0) is 0 Å². The first-order valence-corrected chi connectivity index (χ1v) is 6.49. The summed E-state index contributed by atoms with van der Waals surface area (Å²) in [5.74, 6) is 0.194. The van der Waals surface area contributed by atoms with Crippen molar-refractivity contribution in [1.29, 1.82) is 0 Å². The molecule has 0 bridgehead atoms. The summed E-state index contributed by atoms with van der Waals surface area (Å²) >= 11 is 17.6. The van der Waals surface area contributed by atoms with Crippen molar-refractivity contribution in [3.05, 3.63) is 33.8 Å². The molecule has 1 aromatic rings. The van der Waals surface area contributed by atoms with Gasteiger partial charge in [-0.2, -0.15) is 0 Å². The van der Waals surface area contributed by atoms with Crippen LogP contribution in [0.5, 0.6) is 0 Å². The largest absolute Gasteiger partial charge is 0.347 e. The van der Waals surface area contributed by atoms with Gasteiger partial charge >= 0.3 is 0 Å². The lowest BCUT2D eigenvalue weighted by Gasteiger charge is -2.25. The summed E-state index contributed by atoms with van der Waals surface area (Å²) in [6.45, 7) is 3.80. The molecule has 0 spiro atoms. The second-order valence-electron chi connectivity index (χ2n) is 4.37. The van der Waals surface area contributed by atoms with Crippen LogP contribution in [0.15, 0.2) is 18.2 Å². The molecule has 1 aromatic carbocycles. The van der Waals surface area contributed by atoms with E-state index in [9.17, 15) is 4.79 Å². The van der Waals surface area contributed by atoms with Crippen LogP contribution in [0.25, 0.3) is 0 Å². The monoisotopic (exact) mass is 293 g/mol. The van der Waals surface area contributed by atoms with E-state index in [0.29, 0.717) is 27.9 Å². The minimum Gasteiger partial charge on any atom is -0.347 e. The van der Waals surface area contributed by atoms with E-state index in [0.717, 1.165) is 0 Å². The van der Waals surface area contributed by atoms with E-state index < -0.39 is 0 Å². The molecule has 0 fully saturated rings. The molecule has 0 atom stereocenters. The highest BCUT2D eigenvalue weighted by molar-refractivity contribution is 6.39. The molecule has 0 unspecified atom stereocenters. The van der Waals surface area contributed by atoms with Crippen LogP contribution in [0, 0.1) is 0 Å². The highest BCUT2D eigenvalue weighted by Crippen LogP contribution is 2.25. The van der Waals surface area contributed by atoms with Gasteiger partial charge in [0.25, 0.3) is 5.91 Å². The molecule has 0 saturated heterocycles. The van der Waals surface area contributed by atoms with Crippen molar-refractivity contribution in [3.8, 4) is 0 Å². The number of hydrogen-bond donors (Lipinski definition) is 1. The van der Waals surface area contributed by atoms with E-state index >= 15 is 0 Å². The first kappa shape index (κ1) is 14.6. The zero-order valence-corrected chi connectivity index (χ0v) is 12.0. The summed E-state index contributed by atoms with van der Waals surface area (Å²) in [7, 11) is 0. The molecule has 0 aliphatic rings. The first-order valence-electron chi connectivity index (χ1n) is 5.20. The van der Waals surface area contributed by atoms with Crippen LogP contribution in [0.1, 0.15) is 30.6 Å². The molecule has 0 heterocycles. The Kier molecular flexibility index (Phi) is 5.11. The van der Waals surface area contributed by atoms with Crippen molar-refractivity contribution in [3.63, 3.8) is 0 Å². The number of carbonyl (C=O) groups excluding carboxylic acids is 1. The maximum absolute atomic E-state index is 12.1. The number of carbonyl (C=O) groups is 1. The number of alkyl halides is 1. The highest BCUT2D eigenvalue weighted by atomic mass is 35.5. The van der Waals surface area contributed by atoms with E-state index in [-0.39, 0.29) is 11.4 Å². The van der Waals surface area contributed by atoms with Gasteiger partial charge in [0.05, 0.1) is 15.6 Å². The summed E-state index contributed by atoms with van der Waals surface area (Å²) in [4.78, 5) is 12.1. The van der Waals surface area contributed by atoms with Crippen LogP contribution in [0.3, 0.4) is 0 Å². The molecule has 0 aliphatic heterocycles. The van der Waals surface area contributed by atoms with Gasteiger partial charge < -0.3 is 5.32 Å². The topological polar surface area (TPSA) is 29.1 Å². The summed E-state index contributed by atoms with van der Waals surface area (Å²) in [6, 6.07) is 4.97. The molecule has 1 rings (SSSR count). The summed E-state index contributed by atoms with van der Waals surface area (Å²) in [6.07, 6.45) is 0.669. The predicted molar refractivity (Wildman–Crippen MR) is 73.3 cm³/mol. The molecule has 17 heavy (non-hydrogen) atoms. The Morgan fingerprint density at radius 2 is 1.82 bits per heavy atom. The molecule has 1 N–H and O–H groups in total. The predicted octanol–water partition coefficient (Wildman–Crippen LogP) is 4.13.